The monoisotopic (exact) mass is 470 g/mol. The molecule has 3 N–H and O–H groups in total. The van der Waals surface area contributed by atoms with Crippen LogP contribution in [0.15, 0.2) is 71.9 Å². The Bertz CT molecular complexity index is 1040. The van der Waals surface area contributed by atoms with Gasteiger partial charge in [0.1, 0.15) is 30.8 Å². The van der Waals surface area contributed by atoms with Crippen LogP contribution in [0.3, 0.4) is 0 Å². The summed E-state index contributed by atoms with van der Waals surface area (Å²) in [7, 11) is 1.56. The van der Waals surface area contributed by atoms with E-state index in [1.54, 1.807) is 37.6 Å². The molecule has 1 atom stereocenters. The van der Waals surface area contributed by atoms with Gasteiger partial charge in [-0.15, -0.1) is 11.8 Å². The molecule has 10 heteroatoms. The predicted octanol–water partition coefficient (Wildman–Crippen LogP) is 2.18. The summed E-state index contributed by atoms with van der Waals surface area (Å²) in [6.45, 7) is 0.00879. The number of ether oxygens (including phenoxy) is 2. The number of rotatable bonds is 12. The lowest BCUT2D eigenvalue weighted by molar-refractivity contribution is -0.122. The van der Waals surface area contributed by atoms with Gasteiger partial charge < -0.3 is 25.2 Å². The van der Waals surface area contributed by atoms with Crippen molar-refractivity contribution in [2.75, 3.05) is 31.3 Å². The number of hydrogen-bond donors (Lipinski definition) is 3. The summed E-state index contributed by atoms with van der Waals surface area (Å²) in [4.78, 5) is 25.2. The van der Waals surface area contributed by atoms with Gasteiger partial charge in [0.2, 0.25) is 11.8 Å². The molecule has 0 spiro atoms. The van der Waals surface area contributed by atoms with Gasteiger partial charge in [0.05, 0.1) is 24.7 Å². The Morgan fingerprint density at radius 2 is 1.91 bits per heavy atom. The Morgan fingerprint density at radius 1 is 1.12 bits per heavy atom. The molecule has 0 aliphatic carbocycles. The molecule has 0 saturated heterocycles. The average Bonchev–Trinajstić information content (AvgIpc) is 3.27. The Morgan fingerprint density at radius 3 is 2.70 bits per heavy atom. The van der Waals surface area contributed by atoms with Crippen LogP contribution in [0.25, 0.3) is 0 Å². The molecular weight excluding hydrogens is 444 g/mol. The van der Waals surface area contributed by atoms with Crippen LogP contribution in [0.2, 0.25) is 0 Å². The maximum absolute atomic E-state index is 12.1. The van der Waals surface area contributed by atoms with E-state index in [4.69, 9.17) is 9.47 Å². The Labute approximate surface area is 196 Å². The molecular formula is C23H26N4O5S. The zero-order valence-corrected chi connectivity index (χ0v) is 19.0. The number of aliphatic hydroxyl groups excluding tert-OH is 1. The molecule has 0 fully saturated rings. The van der Waals surface area contributed by atoms with Crippen LogP contribution in [-0.2, 0) is 16.1 Å². The van der Waals surface area contributed by atoms with Crippen molar-refractivity contribution in [1.29, 1.82) is 0 Å². The van der Waals surface area contributed by atoms with Crippen molar-refractivity contribution in [3.63, 3.8) is 0 Å². The first-order valence-electron chi connectivity index (χ1n) is 10.2. The highest BCUT2D eigenvalue weighted by Gasteiger charge is 2.11. The second kappa shape index (κ2) is 12.5. The van der Waals surface area contributed by atoms with Gasteiger partial charge in [-0.25, -0.2) is 0 Å². The van der Waals surface area contributed by atoms with Crippen LogP contribution in [0.5, 0.6) is 11.5 Å². The first-order valence-corrected chi connectivity index (χ1v) is 11.2. The summed E-state index contributed by atoms with van der Waals surface area (Å²) in [5.74, 6) is 1.00. The molecule has 2 aromatic carbocycles. The molecule has 0 radical (unpaired) electrons. The van der Waals surface area contributed by atoms with Gasteiger partial charge in [0, 0.05) is 23.7 Å². The zero-order chi connectivity index (χ0) is 23.5. The minimum atomic E-state index is -0.880. The van der Waals surface area contributed by atoms with Crippen molar-refractivity contribution in [2.24, 2.45) is 0 Å². The summed E-state index contributed by atoms with van der Waals surface area (Å²) < 4.78 is 12.0. The summed E-state index contributed by atoms with van der Waals surface area (Å²) in [6, 6.07) is 16.7. The number of anilines is 1. The number of benzene rings is 2. The van der Waals surface area contributed by atoms with Crippen LogP contribution >= 0.6 is 11.8 Å². The van der Waals surface area contributed by atoms with Crippen LogP contribution < -0.4 is 20.1 Å². The topological polar surface area (TPSA) is 115 Å². The number of carbonyl (C=O) groups is 2. The summed E-state index contributed by atoms with van der Waals surface area (Å²) >= 11 is 1.44. The maximum Gasteiger partial charge on any atom is 0.241 e. The minimum absolute atomic E-state index is 0.0202. The van der Waals surface area contributed by atoms with Gasteiger partial charge in [-0.1, -0.05) is 24.3 Å². The number of nitrogens with one attached hydrogen (secondary N) is 2. The van der Waals surface area contributed by atoms with Crippen LogP contribution in [0.4, 0.5) is 5.69 Å². The van der Waals surface area contributed by atoms with E-state index < -0.39 is 6.10 Å². The summed E-state index contributed by atoms with van der Waals surface area (Å²) in [5, 5.41) is 19.5. The fourth-order valence-electron chi connectivity index (χ4n) is 2.75. The number of amides is 2. The van der Waals surface area contributed by atoms with Gasteiger partial charge in [-0.3, -0.25) is 14.3 Å². The molecule has 1 aromatic heterocycles. The van der Waals surface area contributed by atoms with E-state index in [9.17, 15) is 14.7 Å². The van der Waals surface area contributed by atoms with Crippen molar-refractivity contribution >= 4 is 29.3 Å². The lowest BCUT2D eigenvalue weighted by Crippen LogP contribution is -2.37. The highest BCUT2D eigenvalue weighted by Crippen LogP contribution is 2.19. The number of aliphatic hydroxyl groups is 1. The molecule has 33 heavy (non-hydrogen) atoms. The molecule has 0 saturated carbocycles. The number of nitrogens with zero attached hydrogens (tertiary/aromatic N) is 2. The number of carbonyl (C=O) groups excluding carboxylic acids is 2. The lowest BCUT2D eigenvalue weighted by atomic mass is 10.3. The first kappa shape index (κ1) is 24.1. The quantitative estimate of drug-likeness (QED) is 0.348. The van der Waals surface area contributed by atoms with Crippen LogP contribution in [0.1, 0.15) is 0 Å². The van der Waals surface area contributed by atoms with Crippen molar-refractivity contribution in [1.82, 2.24) is 15.1 Å². The standard InChI is InChI=1S/C23H26N4O5S/c1-31-19-6-5-7-20(10-19)32-15-18(28)12-24-22(29)14-27-13-17(11-25-27)26-23(30)16-33-21-8-3-2-4-9-21/h2-11,13,18,28H,12,14-16H2,1H3,(H,24,29)(H,26,30)/t18-/m0/s1. The van der Waals surface area contributed by atoms with E-state index in [2.05, 4.69) is 15.7 Å². The molecule has 9 nitrogen and oxygen atoms in total. The third-order valence-electron chi connectivity index (χ3n) is 4.35. The molecule has 0 bridgehead atoms. The Kier molecular flexibility index (Phi) is 9.16. The van der Waals surface area contributed by atoms with Crippen LogP contribution in [-0.4, -0.2) is 58.8 Å². The van der Waals surface area contributed by atoms with E-state index in [-0.39, 0.29) is 37.3 Å². The van der Waals surface area contributed by atoms with Crippen molar-refractivity contribution < 1.29 is 24.2 Å². The van der Waals surface area contributed by atoms with Crippen molar-refractivity contribution in [3.8, 4) is 11.5 Å². The van der Waals surface area contributed by atoms with Gasteiger partial charge in [0.15, 0.2) is 0 Å². The Balaban J connectivity index is 1.35. The predicted molar refractivity (Wildman–Crippen MR) is 126 cm³/mol. The van der Waals surface area contributed by atoms with E-state index in [0.29, 0.717) is 17.2 Å². The highest BCUT2D eigenvalue weighted by molar-refractivity contribution is 8.00. The van der Waals surface area contributed by atoms with Gasteiger partial charge in [-0.2, -0.15) is 5.10 Å². The fourth-order valence-corrected chi connectivity index (χ4v) is 3.47. The number of hydrogen-bond acceptors (Lipinski definition) is 7. The van der Waals surface area contributed by atoms with E-state index in [0.717, 1.165) is 4.90 Å². The Hall–Kier alpha value is -3.50. The first-order chi connectivity index (χ1) is 16.0. The third kappa shape index (κ3) is 8.51. The molecule has 0 aliphatic rings. The summed E-state index contributed by atoms with van der Waals surface area (Å²) in [6.07, 6.45) is 2.18. The maximum atomic E-state index is 12.1. The van der Waals surface area contributed by atoms with E-state index in [1.807, 2.05) is 30.3 Å². The molecule has 174 valence electrons. The molecule has 3 aromatic rings. The fraction of sp³-hybridized carbons (Fsp3) is 0.261. The van der Waals surface area contributed by atoms with Gasteiger partial charge in [-0.05, 0) is 24.3 Å². The second-order valence-corrected chi connectivity index (χ2v) is 8.07. The van der Waals surface area contributed by atoms with Gasteiger partial charge in [0.25, 0.3) is 0 Å². The number of methoxy groups -OCH3 is 1. The SMILES string of the molecule is COc1cccc(OC[C@@H](O)CNC(=O)Cn2cc(NC(=O)CSc3ccccc3)cn2)c1. The molecule has 2 amide bonds. The van der Waals surface area contributed by atoms with Crippen molar-refractivity contribution in [2.45, 2.75) is 17.5 Å². The zero-order valence-electron chi connectivity index (χ0n) is 18.1. The van der Waals surface area contributed by atoms with Crippen molar-refractivity contribution in [3.05, 3.63) is 67.0 Å². The highest BCUT2D eigenvalue weighted by atomic mass is 32.2. The van der Waals surface area contributed by atoms with E-state index in [1.165, 1.54) is 22.6 Å². The second-order valence-electron chi connectivity index (χ2n) is 7.02. The normalized spacial score (nSPS) is 11.5. The lowest BCUT2D eigenvalue weighted by Gasteiger charge is -2.13. The largest absolute Gasteiger partial charge is 0.497 e. The molecule has 3 rings (SSSR count). The minimum Gasteiger partial charge on any atom is -0.497 e. The summed E-state index contributed by atoms with van der Waals surface area (Å²) in [5.41, 5.74) is 0.508. The van der Waals surface area contributed by atoms with Gasteiger partial charge >= 0.3 is 0 Å². The number of aromatic nitrogens is 2. The van der Waals surface area contributed by atoms with Crippen LogP contribution in [0, 0.1) is 0 Å². The van der Waals surface area contributed by atoms with E-state index >= 15 is 0 Å². The average molecular weight is 471 g/mol. The molecule has 1 heterocycles. The number of thioether (sulfide) groups is 1. The smallest absolute Gasteiger partial charge is 0.241 e. The third-order valence-corrected chi connectivity index (χ3v) is 5.37. The molecule has 0 aliphatic heterocycles. The molecule has 0 unspecified atom stereocenters.